The number of nitrogen functional groups attached to an aromatic ring is 1. The largest absolute Gasteiger partial charge is 0.367 e. The Morgan fingerprint density at radius 3 is 2.90 bits per heavy atom. The van der Waals surface area contributed by atoms with Crippen LogP contribution in [0.5, 0.6) is 0 Å². The number of rotatable bonds is 3. The van der Waals surface area contributed by atoms with E-state index >= 15 is 0 Å². The number of benzene rings is 1. The van der Waals surface area contributed by atoms with Gasteiger partial charge in [0, 0.05) is 10.9 Å². The number of halogens is 1. The van der Waals surface area contributed by atoms with E-state index in [4.69, 9.17) is 17.3 Å². The number of nitrogens with zero attached hydrogens (tertiary/aromatic N) is 2. The van der Waals surface area contributed by atoms with E-state index in [-0.39, 0.29) is 18.4 Å². The first-order valence-electron chi connectivity index (χ1n) is 5.86. The lowest BCUT2D eigenvalue weighted by Crippen LogP contribution is -2.24. The van der Waals surface area contributed by atoms with Crippen molar-refractivity contribution in [3.05, 3.63) is 40.8 Å². The summed E-state index contributed by atoms with van der Waals surface area (Å²) in [5.41, 5.74) is 6.51. The summed E-state index contributed by atoms with van der Waals surface area (Å²) in [6, 6.07) is 7.44. The molecule has 102 valence electrons. The first kappa shape index (κ1) is 12.5. The summed E-state index contributed by atoms with van der Waals surface area (Å²) in [5.74, 6) is 0.294. The molecule has 0 fully saturated rings. The van der Waals surface area contributed by atoms with Crippen molar-refractivity contribution in [3.8, 4) is 0 Å². The maximum Gasteiger partial charge on any atom is 0.269 e. The van der Waals surface area contributed by atoms with E-state index in [1.54, 1.807) is 0 Å². The smallest absolute Gasteiger partial charge is 0.269 e. The number of amides is 1. The zero-order valence-electron chi connectivity index (χ0n) is 10.3. The number of carbonyl (C=O) groups is 1. The molecule has 0 unspecified atom stereocenters. The minimum Gasteiger partial charge on any atom is -0.367 e. The Bertz CT molecular complexity index is 777. The number of fused-ring (bicyclic) bond motifs is 1. The molecule has 0 bridgehead atoms. The van der Waals surface area contributed by atoms with E-state index in [9.17, 15) is 4.79 Å². The number of aromatic amines is 2. The maximum absolute atomic E-state index is 12.1. The first-order chi connectivity index (χ1) is 9.65. The SMILES string of the molecule is Nc1n[nH]c(CNC(=O)c2[nH]c3ccccc3c2Cl)n1. The van der Waals surface area contributed by atoms with E-state index in [0.717, 1.165) is 10.9 Å². The average molecular weight is 291 g/mol. The van der Waals surface area contributed by atoms with Gasteiger partial charge in [-0.25, -0.2) is 0 Å². The predicted octanol–water partition coefficient (Wildman–Crippen LogP) is 1.45. The van der Waals surface area contributed by atoms with Crippen molar-refractivity contribution in [3.63, 3.8) is 0 Å². The normalized spacial score (nSPS) is 10.8. The summed E-state index contributed by atoms with van der Waals surface area (Å²) in [7, 11) is 0. The quantitative estimate of drug-likeness (QED) is 0.585. The molecule has 0 aliphatic heterocycles. The summed E-state index contributed by atoms with van der Waals surface area (Å²) in [6.45, 7) is 0.189. The zero-order chi connectivity index (χ0) is 14.1. The maximum atomic E-state index is 12.1. The molecule has 0 spiro atoms. The van der Waals surface area contributed by atoms with Gasteiger partial charge in [0.15, 0.2) is 0 Å². The minimum atomic E-state index is -0.318. The summed E-state index contributed by atoms with van der Waals surface area (Å²) < 4.78 is 0. The highest BCUT2D eigenvalue weighted by Gasteiger charge is 2.16. The molecule has 8 heteroatoms. The van der Waals surface area contributed by atoms with Crippen molar-refractivity contribution in [1.29, 1.82) is 0 Å². The summed E-state index contributed by atoms with van der Waals surface area (Å²) in [4.78, 5) is 19.0. The second-order valence-electron chi connectivity index (χ2n) is 4.18. The zero-order valence-corrected chi connectivity index (χ0v) is 11.0. The van der Waals surface area contributed by atoms with E-state index in [0.29, 0.717) is 16.5 Å². The molecule has 0 radical (unpaired) electrons. The van der Waals surface area contributed by atoms with Gasteiger partial charge in [-0.1, -0.05) is 29.8 Å². The van der Waals surface area contributed by atoms with Gasteiger partial charge in [0.05, 0.1) is 11.6 Å². The number of anilines is 1. The molecule has 2 heterocycles. The van der Waals surface area contributed by atoms with Crippen LogP contribution in [0.1, 0.15) is 16.3 Å². The number of aromatic nitrogens is 4. The number of para-hydroxylation sites is 1. The Hall–Kier alpha value is -2.54. The van der Waals surface area contributed by atoms with Crippen LogP contribution in [0.25, 0.3) is 10.9 Å². The molecule has 2 aromatic heterocycles. The van der Waals surface area contributed by atoms with Crippen LogP contribution in [0.15, 0.2) is 24.3 Å². The van der Waals surface area contributed by atoms with Gasteiger partial charge >= 0.3 is 0 Å². The molecule has 0 saturated heterocycles. The van der Waals surface area contributed by atoms with Gasteiger partial charge in [0.25, 0.3) is 5.91 Å². The van der Waals surface area contributed by atoms with E-state index in [1.165, 1.54) is 0 Å². The number of nitrogens with two attached hydrogens (primary N) is 1. The van der Waals surface area contributed by atoms with E-state index in [1.807, 2.05) is 24.3 Å². The molecule has 20 heavy (non-hydrogen) atoms. The third kappa shape index (κ3) is 2.19. The number of carbonyl (C=O) groups excluding carboxylic acids is 1. The van der Waals surface area contributed by atoms with Crippen molar-refractivity contribution in [2.45, 2.75) is 6.54 Å². The molecule has 0 atom stereocenters. The third-order valence-corrected chi connectivity index (χ3v) is 3.23. The fourth-order valence-electron chi connectivity index (χ4n) is 1.91. The van der Waals surface area contributed by atoms with Crippen LogP contribution >= 0.6 is 11.6 Å². The van der Waals surface area contributed by atoms with Gasteiger partial charge in [-0.15, -0.1) is 5.10 Å². The van der Waals surface area contributed by atoms with E-state index < -0.39 is 0 Å². The van der Waals surface area contributed by atoms with Gasteiger partial charge in [-0.2, -0.15) is 4.98 Å². The van der Waals surface area contributed by atoms with Crippen LogP contribution in [0.2, 0.25) is 5.02 Å². The Kier molecular flexibility index (Phi) is 3.03. The molecule has 3 aromatic rings. The van der Waals surface area contributed by atoms with Gasteiger partial charge in [-0.05, 0) is 6.07 Å². The third-order valence-electron chi connectivity index (χ3n) is 2.84. The highest BCUT2D eigenvalue weighted by molar-refractivity contribution is 6.38. The van der Waals surface area contributed by atoms with E-state index in [2.05, 4.69) is 25.5 Å². The molecular formula is C12H11ClN6O. The highest BCUT2D eigenvalue weighted by atomic mass is 35.5. The molecule has 0 aliphatic rings. The second-order valence-corrected chi connectivity index (χ2v) is 4.56. The van der Waals surface area contributed by atoms with Crippen molar-refractivity contribution in [1.82, 2.24) is 25.5 Å². The van der Waals surface area contributed by atoms with Crippen LogP contribution in [0, 0.1) is 0 Å². The number of nitrogens with one attached hydrogen (secondary N) is 3. The van der Waals surface area contributed by atoms with Crippen molar-refractivity contribution in [2.75, 3.05) is 5.73 Å². The molecule has 0 saturated carbocycles. The van der Waals surface area contributed by atoms with Crippen LogP contribution in [-0.4, -0.2) is 26.1 Å². The lowest BCUT2D eigenvalue weighted by atomic mass is 10.2. The van der Waals surface area contributed by atoms with Gasteiger partial charge in [-0.3, -0.25) is 9.89 Å². The molecule has 5 N–H and O–H groups in total. The summed E-state index contributed by atoms with van der Waals surface area (Å²) in [5, 5.41) is 10.2. The second kappa shape index (κ2) is 4.86. The summed E-state index contributed by atoms with van der Waals surface area (Å²) >= 11 is 6.19. The van der Waals surface area contributed by atoms with Crippen LogP contribution < -0.4 is 11.1 Å². The van der Waals surface area contributed by atoms with Crippen LogP contribution in [0.3, 0.4) is 0 Å². The standard InChI is InChI=1S/C12H11ClN6O/c13-9-6-3-1-2-4-7(6)16-10(9)11(20)15-5-8-17-12(14)19-18-8/h1-4,16H,5H2,(H,15,20)(H3,14,17,18,19). The number of hydrogen-bond acceptors (Lipinski definition) is 4. The minimum absolute atomic E-state index is 0.137. The number of H-pyrrole nitrogens is 2. The molecular weight excluding hydrogens is 280 g/mol. The monoisotopic (exact) mass is 290 g/mol. The highest BCUT2D eigenvalue weighted by Crippen LogP contribution is 2.26. The fraction of sp³-hybridized carbons (Fsp3) is 0.0833. The lowest BCUT2D eigenvalue weighted by Gasteiger charge is -2.01. The predicted molar refractivity (Wildman–Crippen MR) is 75.3 cm³/mol. The number of hydrogen-bond donors (Lipinski definition) is 4. The fourth-order valence-corrected chi connectivity index (χ4v) is 2.20. The van der Waals surface area contributed by atoms with Gasteiger partial charge in [0.1, 0.15) is 11.5 Å². The lowest BCUT2D eigenvalue weighted by molar-refractivity contribution is 0.0946. The van der Waals surface area contributed by atoms with Gasteiger partial charge < -0.3 is 16.0 Å². The van der Waals surface area contributed by atoms with Crippen molar-refractivity contribution in [2.24, 2.45) is 0 Å². The topological polar surface area (TPSA) is 112 Å². The molecule has 3 rings (SSSR count). The molecule has 1 aromatic carbocycles. The molecule has 7 nitrogen and oxygen atoms in total. The summed E-state index contributed by atoms with van der Waals surface area (Å²) in [6.07, 6.45) is 0. The van der Waals surface area contributed by atoms with Crippen LogP contribution in [0.4, 0.5) is 5.95 Å². The Morgan fingerprint density at radius 1 is 1.40 bits per heavy atom. The first-order valence-corrected chi connectivity index (χ1v) is 6.24. The Morgan fingerprint density at radius 2 is 2.20 bits per heavy atom. The average Bonchev–Trinajstić information content (AvgIpc) is 3.01. The van der Waals surface area contributed by atoms with Crippen molar-refractivity contribution >= 4 is 34.4 Å². The molecule has 0 aliphatic carbocycles. The Labute approximate surface area is 118 Å². The van der Waals surface area contributed by atoms with Gasteiger partial charge in [0.2, 0.25) is 5.95 Å². The Balaban J connectivity index is 1.80. The van der Waals surface area contributed by atoms with Crippen LogP contribution in [-0.2, 0) is 6.54 Å². The van der Waals surface area contributed by atoms with Crippen molar-refractivity contribution < 1.29 is 4.79 Å². The molecule has 1 amide bonds.